The van der Waals surface area contributed by atoms with Crippen LogP contribution in [0.3, 0.4) is 0 Å². The van der Waals surface area contributed by atoms with Gasteiger partial charge in [0.1, 0.15) is 0 Å². The molecule has 0 bridgehead atoms. The van der Waals surface area contributed by atoms with Crippen LogP contribution in [0.1, 0.15) is 18.1 Å². The number of carbonyl (C=O) groups excluding carboxylic acids is 2. The number of rotatable bonds is 8. The molecule has 1 aliphatic rings. The standard InChI is InChI=1S/C25H22N4O6/c1-2-35-13-15(30)11-28-12-19(17-9-14(29(33)34)7-8-21(17)28)23-22(24(31)27-25(23)32)18-10-26-20-6-4-3-5-16(18)20/h3-10,12,15,26,30H,2,11,13H2,1H3,(H,27,31,32). The number of aliphatic hydroxyl groups excluding tert-OH is 1. The zero-order valence-corrected chi connectivity index (χ0v) is 18.8. The predicted molar refractivity (Wildman–Crippen MR) is 129 cm³/mol. The molecule has 0 radical (unpaired) electrons. The summed E-state index contributed by atoms with van der Waals surface area (Å²) in [6.45, 7) is 2.52. The van der Waals surface area contributed by atoms with E-state index in [0.717, 1.165) is 10.9 Å². The molecular formula is C25H22N4O6. The molecule has 1 aliphatic heterocycles. The minimum absolute atomic E-state index is 0.112. The Balaban J connectivity index is 1.74. The van der Waals surface area contributed by atoms with Gasteiger partial charge in [-0.25, -0.2) is 0 Å². The number of aromatic amines is 1. The summed E-state index contributed by atoms with van der Waals surface area (Å²) in [4.78, 5) is 40.1. The van der Waals surface area contributed by atoms with Crippen LogP contribution in [0.4, 0.5) is 5.69 Å². The van der Waals surface area contributed by atoms with E-state index in [1.54, 1.807) is 23.0 Å². The van der Waals surface area contributed by atoms with E-state index in [1.165, 1.54) is 12.1 Å². The zero-order valence-electron chi connectivity index (χ0n) is 18.8. The van der Waals surface area contributed by atoms with Gasteiger partial charge in [0.2, 0.25) is 0 Å². The molecule has 3 N–H and O–H groups in total. The Bertz CT molecular complexity index is 1530. The van der Waals surface area contributed by atoms with Crippen LogP contribution in [0.5, 0.6) is 0 Å². The van der Waals surface area contributed by atoms with Gasteiger partial charge in [0.25, 0.3) is 17.5 Å². The minimum Gasteiger partial charge on any atom is -0.389 e. The molecule has 2 amide bonds. The Morgan fingerprint density at radius 2 is 1.83 bits per heavy atom. The van der Waals surface area contributed by atoms with Crippen molar-refractivity contribution in [2.75, 3.05) is 13.2 Å². The number of fused-ring (bicyclic) bond motifs is 2. The molecule has 0 fully saturated rings. The lowest BCUT2D eigenvalue weighted by Crippen LogP contribution is -2.22. The highest BCUT2D eigenvalue weighted by Crippen LogP contribution is 2.39. The Morgan fingerprint density at radius 1 is 1.09 bits per heavy atom. The number of H-pyrrole nitrogens is 1. The average molecular weight is 474 g/mol. The molecule has 3 heterocycles. The molecule has 10 nitrogen and oxygen atoms in total. The van der Waals surface area contributed by atoms with E-state index in [1.807, 2.05) is 31.2 Å². The number of nitrogens with one attached hydrogen (secondary N) is 2. The third kappa shape index (κ3) is 3.88. The van der Waals surface area contributed by atoms with E-state index in [4.69, 9.17) is 4.74 Å². The number of ether oxygens (including phenoxy) is 1. The van der Waals surface area contributed by atoms with Crippen LogP contribution in [-0.2, 0) is 20.9 Å². The van der Waals surface area contributed by atoms with Crippen molar-refractivity contribution < 1.29 is 24.4 Å². The topological polar surface area (TPSA) is 139 Å². The molecule has 4 aromatic rings. The van der Waals surface area contributed by atoms with Gasteiger partial charge in [0.15, 0.2) is 0 Å². The number of benzene rings is 2. The maximum absolute atomic E-state index is 13.0. The smallest absolute Gasteiger partial charge is 0.270 e. The fourth-order valence-corrected chi connectivity index (χ4v) is 4.53. The van der Waals surface area contributed by atoms with E-state index in [0.29, 0.717) is 28.6 Å². The van der Waals surface area contributed by atoms with Crippen molar-refractivity contribution >= 4 is 50.5 Å². The second kappa shape index (κ2) is 8.82. The maximum atomic E-state index is 13.0. The van der Waals surface area contributed by atoms with Gasteiger partial charge in [0.05, 0.1) is 35.3 Å². The molecule has 0 saturated heterocycles. The van der Waals surface area contributed by atoms with Crippen LogP contribution in [0.2, 0.25) is 0 Å². The fourth-order valence-electron chi connectivity index (χ4n) is 4.53. The number of carbonyl (C=O) groups is 2. The van der Waals surface area contributed by atoms with Crippen LogP contribution in [0, 0.1) is 10.1 Å². The summed E-state index contributed by atoms with van der Waals surface area (Å²) in [7, 11) is 0. The summed E-state index contributed by atoms with van der Waals surface area (Å²) in [6, 6.07) is 11.7. The van der Waals surface area contributed by atoms with Crippen molar-refractivity contribution in [2.45, 2.75) is 19.6 Å². The molecular weight excluding hydrogens is 452 g/mol. The molecule has 2 aromatic heterocycles. The first-order valence-electron chi connectivity index (χ1n) is 11.1. The van der Waals surface area contributed by atoms with E-state index >= 15 is 0 Å². The number of non-ortho nitro benzene ring substituents is 1. The van der Waals surface area contributed by atoms with Crippen LogP contribution < -0.4 is 5.32 Å². The van der Waals surface area contributed by atoms with E-state index in [2.05, 4.69) is 10.3 Å². The van der Waals surface area contributed by atoms with Crippen molar-refractivity contribution in [2.24, 2.45) is 0 Å². The third-order valence-electron chi connectivity index (χ3n) is 6.06. The number of nitrogens with zero attached hydrogens (tertiary/aromatic N) is 2. The highest BCUT2D eigenvalue weighted by Gasteiger charge is 2.35. The van der Waals surface area contributed by atoms with Crippen molar-refractivity contribution in [3.05, 3.63) is 76.1 Å². The SMILES string of the molecule is CCOCC(O)Cn1cc(C2=C(c3c[nH]c4ccccc34)C(=O)NC2=O)c2cc([N+](=O)[O-])ccc21. The van der Waals surface area contributed by atoms with E-state index < -0.39 is 22.8 Å². The van der Waals surface area contributed by atoms with Gasteiger partial charge < -0.3 is 19.4 Å². The number of nitro groups is 1. The Hall–Kier alpha value is -4.28. The van der Waals surface area contributed by atoms with Crippen molar-refractivity contribution in [3.63, 3.8) is 0 Å². The maximum Gasteiger partial charge on any atom is 0.270 e. The second-order valence-electron chi connectivity index (χ2n) is 8.25. The number of imide groups is 1. The van der Waals surface area contributed by atoms with Gasteiger partial charge in [-0.3, -0.25) is 25.0 Å². The normalized spacial score (nSPS) is 14.8. The second-order valence-corrected chi connectivity index (χ2v) is 8.25. The Labute approximate surface area is 199 Å². The molecule has 10 heteroatoms. The van der Waals surface area contributed by atoms with Gasteiger partial charge in [-0.05, 0) is 19.1 Å². The molecule has 5 rings (SSSR count). The van der Waals surface area contributed by atoms with Crippen LogP contribution in [0.15, 0.2) is 54.9 Å². The summed E-state index contributed by atoms with van der Waals surface area (Å²) >= 11 is 0. The molecule has 0 spiro atoms. The first-order valence-corrected chi connectivity index (χ1v) is 11.1. The monoisotopic (exact) mass is 474 g/mol. The average Bonchev–Trinajstić information content (AvgIpc) is 3.50. The largest absolute Gasteiger partial charge is 0.389 e. The van der Waals surface area contributed by atoms with Crippen LogP contribution in [-0.4, -0.2) is 50.7 Å². The number of para-hydroxylation sites is 1. The summed E-state index contributed by atoms with van der Waals surface area (Å²) in [5.74, 6) is -1.13. The van der Waals surface area contributed by atoms with Crippen molar-refractivity contribution in [3.8, 4) is 0 Å². The van der Waals surface area contributed by atoms with Gasteiger partial charge in [-0.2, -0.15) is 0 Å². The van der Waals surface area contributed by atoms with Gasteiger partial charge in [-0.1, -0.05) is 18.2 Å². The quantitative estimate of drug-likeness (QED) is 0.204. The fraction of sp³-hybridized carbons (Fsp3) is 0.200. The molecule has 0 aliphatic carbocycles. The molecule has 1 atom stereocenters. The third-order valence-corrected chi connectivity index (χ3v) is 6.06. The van der Waals surface area contributed by atoms with E-state index in [-0.39, 0.29) is 30.0 Å². The number of aliphatic hydroxyl groups is 1. The highest BCUT2D eigenvalue weighted by atomic mass is 16.6. The number of aromatic nitrogens is 2. The molecule has 2 aromatic carbocycles. The molecule has 0 saturated carbocycles. The minimum atomic E-state index is -0.838. The van der Waals surface area contributed by atoms with Gasteiger partial charge >= 0.3 is 0 Å². The van der Waals surface area contributed by atoms with Gasteiger partial charge in [0, 0.05) is 64.1 Å². The molecule has 1 unspecified atom stereocenters. The highest BCUT2D eigenvalue weighted by molar-refractivity contribution is 6.50. The number of amides is 2. The lowest BCUT2D eigenvalue weighted by Gasteiger charge is -2.12. The molecule has 178 valence electrons. The number of hydrogen-bond donors (Lipinski definition) is 3. The summed E-state index contributed by atoms with van der Waals surface area (Å²) in [5.41, 5.74) is 2.48. The predicted octanol–water partition coefficient (Wildman–Crippen LogP) is 3.00. The van der Waals surface area contributed by atoms with Crippen LogP contribution >= 0.6 is 0 Å². The number of hydrogen-bond acceptors (Lipinski definition) is 6. The molecule has 35 heavy (non-hydrogen) atoms. The van der Waals surface area contributed by atoms with Crippen molar-refractivity contribution in [1.29, 1.82) is 0 Å². The number of nitro benzene ring substituents is 1. The zero-order chi connectivity index (χ0) is 24.7. The first-order chi connectivity index (χ1) is 16.9. The summed E-state index contributed by atoms with van der Waals surface area (Å²) in [6.07, 6.45) is 2.48. The lowest BCUT2D eigenvalue weighted by molar-refractivity contribution is -0.384. The lowest BCUT2D eigenvalue weighted by atomic mass is 9.95. The first kappa shape index (κ1) is 22.5. The summed E-state index contributed by atoms with van der Waals surface area (Å²) < 4.78 is 7.02. The van der Waals surface area contributed by atoms with E-state index in [9.17, 15) is 24.8 Å². The summed E-state index contributed by atoms with van der Waals surface area (Å²) in [5, 5.41) is 25.5. The Kier molecular flexibility index (Phi) is 5.67. The van der Waals surface area contributed by atoms with Crippen LogP contribution in [0.25, 0.3) is 33.0 Å². The van der Waals surface area contributed by atoms with Crippen molar-refractivity contribution in [1.82, 2.24) is 14.9 Å². The Morgan fingerprint density at radius 3 is 2.57 bits per heavy atom. The van der Waals surface area contributed by atoms with Gasteiger partial charge in [-0.15, -0.1) is 0 Å².